The highest BCUT2D eigenvalue weighted by Crippen LogP contribution is 2.54. The van der Waals surface area contributed by atoms with Gasteiger partial charge in [-0.3, -0.25) is 0 Å². The molecule has 0 spiro atoms. The van der Waals surface area contributed by atoms with E-state index in [9.17, 15) is 0 Å². The fourth-order valence-corrected chi connectivity index (χ4v) is 17.9. The molecule has 0 radical (unpaired) electrons. The normalized spacial score (nSPS) is 15.2. The molecular weight excluding hydrogens is 1140 g/mol. The lowest BCUT2D eigenvalue weighted by Crippen LogP contribution is -2.22. The fourth-order valence-electron chi connectivity index (χ4n) is 17.9. The minimum Gasteiger partial charge on any atom is -0.337 e. The van der Waals surface area contributed by atoms with Crippen LogP contribution in [0, 0.1) is 0 Å². The van der Waals surface area contributed by atoms with Crippen molar-refractivity contribution in [3.05, 3.63) is 326 Å². The van der Waals surface area contributed by atoms with Crippen LogP contribution in [0.25, 0.3) is 143 Å². The van der Waals surface area contributed by atoms with Crippen molar-refractivity contribution in [1.29, 1.82) is 0 Å². The molecule has 4 nitrogen and oxygen atoms in total. The van der Waals surface area contributed by atoms with Crippen LogP contribution in [0.2, 0.25) is 0 Å². The number of aromatic nitrogens is 2. The molecule has 4 aromatic heterocycles. The van der Waals surface area contributed by atoms with Crippen LogP contribution in [0.1, 0.15) is 22.3 Å². The minimum absolute atomic E-state index is 0.451. The van der Waals surface area contributed by atoms with Gasteiger partial charge in [0.2, 0.25) is 0 Å². The molecule has 8 heterocycles. The molecule has 4 heteroatoms. The summed E-state index contributed by atoms with van der Waals surface area (Å²) in [5.74, 6) is 0. The predicted molar refractivity (Wildman–Crippen MR) is 394 cm³/mol. The van der Waals surface area contributed by atoms with Gasteiger partial charge in [0.1, 0.15) is 0 Å². The van der Waals surface area contributed by atoms with E-state index in [0.29, 0.717) is 12.1 Å². The molecule has 14 aromatic carbocycles. The summed E-state index contributed by atoms with van der Waals surface area (Å²) in [5, 5.41) is 10.9. The van der Waals surface area contributed by atoms with E-state index in [1.807, 2.05) is 0 Å². The first kappa shape index (κ1) is 52.0. The lowest BCUT2D eigenvalue weighted by atomic mass is 9.92. The third-order valence-corrected chi connectivity index (χ3v) is 21.7. The Bertz CT molecular complexity index is 5900. The van der Waals surface area contributed by atoms with Crippen molar-refractivity contribution in [2.75, 3.05) is 9.80 Å². The van der Waals surface area contributed by atoms with Crippen LogP contribution in [0.3, 0.4) is 0 Å². The zero-order chi connectivity index (χ0) is 61.3. The molecule has 4 aliphatic heterocycles. The van der Waals surface area contributed by atoms with Crippen molar-refractivity contribution in [3.8, 4) is 66.8 Å². The first-order chi connectivity index (χ1) is 46.6. The second kappa shape index (κ2) is 19.9. The Morgan fingerprint density at radius 3 is 1.12 bits per heavy atom. The molecule has 0 saturated carbocycles. The summed E-state index contributed by atoms with van der Waals surface area (Å²) in [6, 6.07) is 113. The Hall–Kier alpha value is -11.7. The molecule has 0 N–H and O–H groups in total. The van der Waals surface area contributed by atoms with Crippen LogP contribution in [0.5, 0.6) is 0 Å². The van der Waals surface area contributed by atoms with Gasteiger partial charge in [0.25, 0.3) is 0 Å². The molecule has 0 saturated heterocycles. The van der Waals surface area contributed by atoms with Gasteiger partial charge in [-0.2, -0.15) is 0 Å². The minimum atomic E-state index is 0.451. The topological polar surface area (TPSA) is 15.3 Å². The Kier molecular flexibility index (Phi) is 11.0. The molecule has 94 heavy (non-hydrogen) atoms. The van der Waals surface area contributed by atoms with Crippen molar-refractivity contribution in [2.45, 2.75) is 37.8 Å². The molecule has 0 bridgehead atoms. The number of rotatable bonds is 6. The fraction of sp³-hybridized carbons (Fsp3) is 0.0667. The van der Waals surface area contributed by atoms with E-state index in [2.05, 4.69) is 322 Å². The number of benzene rings is 14. The smallest absolute Gasteiger partial charge is 0.0620 e. The third-order valence-electron chi connectivity index (χ3n) is 21.7. The van der Waals surface area contributed by atoms with E-state index in [-0.39, 0.29) is 0 Å². The summed E-state index contributed by atoms with van der Waals surface area (Å²) >= 11 is 0. The molecule has 0 fully saturated rings. The summed E-state index contributed by atoms with van der Waals surface area (Å²) in [6.45, 7) is 0. The van der Waals surface area contributed by atoms with Crippen molar-refractivity contribution in [2.24, 2.45) is 0 Å². The van der Waals surface area contributed by atoms with E-state index in [1.165, 1.54) is 188 Å². The van der Waals surface area contributed by atoms with Crippen molar-refractivity contribution in [3.63, 3.8) is 0 Å². The van der Waals surface area contributed by atoms with Gasteiger partial charge in [0.15, 0.2) is 0 Å². The van der Waals surface area contributed by atoms with Gasteiger partial charge in [-0.15, -0.1) is 0 Å². The highest BCUT2D eigenvalue weighted by Gasteiger charge is 2.41. The predicted octanol–water partition coefficient (Wildman–Crippen LogP) is 22.9. The quantitative estimate of drug-likeness (QED) is 0.165. The zero-order valence-electron chi connectivity index (χ0n) is 51.6. The van der Waals surface area contributed by atoms with E-state index in [1.54, 1.807) is 0 Å². The monoisotopic (exact) mass is 1200 g/mol. The average Bonchev–Trinajstić information content (AvgIpc) is 1.53. The van der Waals surface area contributed by atoms with E-state index in [4.69, 9.17) is 0 Å². The average molecular weight is 1200 g/mol. The molecule has 0 aliphatic carbocycles. The number of para-hydroxylation sites is 2. The van der Waals surface area contributed by atoms with Gasteiger partial charge in [-0.05, 0) is 175 Å². The van der Waals surface area contributed by atoms with Gasteiger partial charge in [-0.1, -0.05) is 243 Å². The summed E-state index contributed by atoms with van der Waals surface area (Å²) < 4.78 is 5.08. The molecule has 4 aliphatic rings. The van der Waals surface area contributed by atoms with Crippen LogP contribution in [-0.2, 0) is 25.7 Å². The Balaban J connectivity index is 0.000000126. The Morgan fingerprint density at radius 2 is 0.596 bits per heavy atom. The number of nitrogens with zero attached hydrogens (tertiary/aromatic N) is 4. The SMILES string of the molecule is c1ccc(-c2ccccc2-c2ccc3c(c2)CC2Cc4c(ccc5c4c4cccc6c7c(-c8ccccc8)cccc7n5c64)N32)cc1.c1ccc(-c2ccccc2-c2ccc3c(c2)CC2Cc4cc5c(cc4N32)c2cccc3c4c(-c6ccccc6)cccc4n5c23)cc1. The standard InChI is InChI=1S/2C45H30N2/c1-3-11-28(12-4-1)34-15-7-8-16-35(34)30-21-22-40-31(23-30)24-33-25-32-26-43-39(27-42(32)46(33)40)37-18-9-19-38-44-36(29-13-5-2-6-14-29)17-10-20-41(44)47(43)45(37)38;1-3-11-28(12-4-1)33-15-7-8-16-34(33)30-21-22-39-31(25-30)26-32-27-38-40(46(32)39)23-24-42-44(38)37-19-9-18-36-43-35(29-13-5-2-6-14-29)17-10-20-41(43)47(42)45(36)37/h1-23,26-27,33H,24-25H2;1-25,32H,26-27H2. The van der Waals surface area contributed by atoms with Gasteiger partial charge in [0, 0.05) is 77.9 Å². The van der Waals surface area contributed by atoms with Gasteiger partial charge in [-0.25, -0.2) is 0 Å². The first-order valence-electron chi connectivity index (χ1n) is 33.4. The molecule has 18 aromatic rings. The number of hydrogen-bond donors (Lipinski definition) is 0. The number of anilines is 4. The van der Waals surface area contributed by atoms with E-state index in [0.717, 1.165) is 25.7 Å². The van der Waals surface area contributed by atoms with Gasteiger partial charge < -0.3 is 18.6 Å². The maximum Gasteiger partial charge on any atom is 0.0620 e. The lowest BCUT2D eigenvalue weighted by molar-refractivity contribution is 0.725. The van der Waals surface area contributed by atoms with Crippen LogP contribution in [-0.4, -0.2) is 20.9 Å². The van der Waals surface area contributed by atoms with Crippen molar-refractivity contribution >= 4 is 98.9 Å². The van der Waals surface area contributed by atoms with E-state index < -0.39 is 0 Å². The zero-order valence-corrected chi connectivity index (χ0v) is 51.6. The molecule has 22 rings (SSSR count). The first-order valence-corrected chi connectivity index (χ1v) is 33.4. The van der Waals surface area contributed by atoms with Crippen molar-refractivity contribution < 1.29 is 0 Å². The van der Waals surface area contributed by atoms with Crippen LogP contribution in [0.4, 0.5) is 22.7 Å². The largest absolute Gasteiger partial charge is 0.337 e. The highest BCUT2D eigenvalue weighted by atomic mass is 15.2. The maximum absolute atomic E-state index is 2.64. The second-order valence-corrected chi connectivity index (χ2v) is 26.5. The summed E-state index contributed by atoms with van der Waals surface area (Å²) in [6.07, 6.45) is 4.28. The number of hydrogen-bond acceptors (Lipinski definition) is 2. The number of fused-ring (bicyclic) bond motifs is 23. The van der Waals surface area contributed by atoms with E-state index >= 15 is 0 Å². The van der Waals surface area contributed by atoms with Crippen molar-refractivity contribution in [1.82, 2.24) is 8.80 Å². The van der Waals surface area contributed by atoms with Crippen LogP contribution < -0.4 is 9.80 Å². The van der Waals surface area contributed by atoms with Gasteiger partial charge >= 0.3 is 0 Å². The molecule has 0 amide bonds. The second-order valence-electron chi connectivity index (χ2n) is 26.5. The molecule has 2 atom stereocenters. The highest BCUT2D eigenvalue weighted by molar-refractivity contribution is 6.28. The third kappa shape index (κ3) is 7.39. The summed E-state index contributed by atoms with van der Waals surface area (Å²) in [4.78, 5) is 5.27. The Labute approximate surface area is 544 Å². The lowest BCUT2D eigenvalue weighted by Gasteiger charge is -2.21. The molecule has 440 valence electrons. The van der Waals surface area contributed by atoms with Crippen LogP contribution >= 0.6 is 0 Å². The Morgan fingerprint density at radius 1 is 0.223 bits per heavy atom. The molecule has 2 unspecified atom stereocenters. The van der Waals surface area contributed by atoms with Gasteiger partial charge in [0.05, 0.1) is 33.1 Å². The summed E-state index contributed by atoms with van der Waals surface area (Å²) in [5.41, 5.74) is 34.7. The molecular formula is C90H60N4. The maximum atomic E-state index is 2.64. The van der Waals surface area contributed by atoms with Crippen LogP contribution in [0.15, 0.2) is 303 Å². The summed E-state index contributed by atoms with van der Waals surface area (Å²) in [7, 11) is 0.